The number of hydrogen-bond donors (Lipinski definition) is 0. The number of fused-ring (bicyclic) bond motifs is 5. The van der Waals surface area contributed by atoms with Crippen LogP contribution in [-0.2, 0) is 11.3 Å². The first-order chi connectivity index (χ1) is 10.2. The number of anilines is 1. The van der Waals surface area contributed by atoms with E-state index in [-0.39, 0.29) is 6.10 Å². The number of thiophene rings is 1. The molecule has 110 valence electrons. The molecule has 4 rings (SSSR count). The van der Waals surface area contributed by atoms with Crippen LogP contribution in [-0.4, -0.2) is 31.6 Å². The molecule has 2 aliphatic rings. The summed E-state index contributed by atoms with van der Waals surface area (Å²) in [4.78, 5) is 10.0. The van der Waals surface area contributed by atoms with Crippen molar-refractivity contribution in [3.8, 4) is 0 Å². The maximum Gasteiger partial charge on any atom is 0.101 e. The molecule has 0 amide bonds. The zero-order valence-electron chi connectivity index (χ0n) is 12.5. The van der Waals surface area contributed by atoms with Crippen molar-refractivity contribution in [3.63, 3.8) is 0 Å². The number of hydrogen-bond acceptors (Lipinski definition) is 4. The lowest BCUT2D eigenvalue weighted by atomic mass is 10.0. The SMILES string of the molecule is CN(C)CC1CC2c3ccsc3Cc3ccccc3N2O1. The number of likely N-dealkylation sites (N-methyl/N-ethyl adjacent to an activating group) is 1. The Kier molecular flexibility index (Phi) is 3.25. The van der Waals surface area contributed by atoms with Gasteiger partial charge in [0, 0.05) is 24.3 Å². The summed E-state index contributed by atoms with van der Waals surface area (Å²) in [6.07, 6.45) is 2.36. The molecule has 0 spiro atoms. The van der Waals surface area contributed by atoms with Gasteiger partial charge >= 0.3 is 0 Å². The van der Waals surface area contributed by atoms with E-state index in [4.69, 9.17) is 4.84 Å². The second-order valence-electron chi connectivity index (χ2n) is 6.17. The molecule has 0 N–H and O–H groups in total. The summed E-state index contributed by atoms with van der Waals surface area (Å²) in [5.41, 5.74) is 4.07. The molecule has 0 bridgehead atoms. The fourth-order valence-electron chi connectivity index (χ4n) is 3.45. The van der Waals surface area contributed by atoms with Gasteiger partial charge in [-0.25, -0.2) is 5.06 Å². The molecule has 2 aliphatic heterocycles. The standard InChI is InChI=1S/C17H20N2OS/c1-18(2)11-13-10-16-14-7-8-21-17(14)9-12-5-3-4-6-15(12)19(16)20-13/h3-8,13,16H,9-11H2,1-2H3. The molecular formula is C17H20N2OS. The predicted molar refractivity (Wildman–Crippen MR) is 86.8 cm³/mol. The molecule has 1 aromatic heterocycles. The van der Waals surface area contributed by atoms with Crippen molar-refractivity contribution < 1.29 is 4.84 Å². The quantitative estimate of drug-likeness (QED) is 0.844. The van der Waals surface area contributed by atoms with E-state index >= 15 is 0 Å². The highest BCUT2D eigenvalue weighted by atomic mass is 32.1. The van der Waals surface area contributed by atoms with Gasteiger partial charge in [0.25, 0.3) is 0 Å². The van der Waals surface area contributed by atoms with Crippen molar-refractivity contribution in [1.82, 2.24) is 4.90 Å². The third-order valence-electron chi connectivity index (χ3n) is 4.32. The van der Waals surface area contributed by atoms with Crippen molar-refractivity contribution in [2.45, 2.75) is 25.0 Å². The molecule has 2 aromatic rings. The lowest BCUT2D eigenvalue weighted by Crippen LogP contribution is -2.27. The Labute approximate surface area is 129 Å². The van der Waals surface area contributed by atoms with Gasteiger partial charge < -0.3 is 4.90 Å². The third kappa shape index (κ3) is 2.27. The average Bonchev–Trinajstić information content (AvgIpc) is 3.03. The van der Waals surface area contributed by atoms with Gasteiger partial charge in [-0.3, -0.25) is 4.84 Å². The summed E-state index contributed by atoms with van der Waals surface area (Å²) in [5.74, 6) is 0. The van der Waals surface area contributed by atoms with Crippen LogP contribution in [0.15, 0.2) is 35.7 Å². The van der Waals surface area contributed by atoms with Crippen LogP contribution < -0.4 is 5.06 Å². The zero-order valence-corrected chi connectivity index (χ0v) is 13.3. The lowest BCUT2D eigenvalue weighted by Gasteiger charge is -2.25. The van der Waals surface area contributed by atoms with Crippen molar-refractivity contribution in [3.05, 3.63) is 51.7 Å². The van der Waals surface area contributed by atoms with Gasteiger partial charge in [-0.1, -0.05) is 18.2 Å². The minimum absolute atomic E-state index is 0.268. The van der Waals surface area contributed by atoms with E-state index in [1.54, 1.807) is 0 Å². The first kappa shape index (κ1) is 13.3. The van der Waals surface area contributed by atoms with Crippen LogP contribution in [0.2, 0.25) is 0 Å². The van der Waals surface area contributed by atoms with Crippen molar-refractivity contribution >= 4 is 17.0 Å². The Morgan fingerprint density at radius 3 is 3.00 bits per heavy atom. The molecule has 0 aliphatic carbocycles. The van der Waals surface area contributed by atoms with E-state index in [1.165, 1.54) is 21.7 Å². The minimum Gasteiger partial charge on any atom is -0.307 e. The molecular weight excluding hydrogens is 280 g/mol. The van der Waals surface area contributed by atoms with Gasteiger partial charge in [-0.05, 0) is 42.7 Å². The van der Waals surface area contributed by atoms with Crippen LogP contribution in [0.4, 0.5) is 5.69 Å². The van der Waals surface area contributed by atoms with E-state index in [0.717, 1.165) is 19.4 Å². The Hall–Kier alpha value is -1.36. The van der Waals surface area contributed by atoms with Gasteiger partial charge in [-0.2, -0.15) is 0 Å². The van der Waals surface area contributed by atoms with E-state index in [2.05, 4.69) is 59.8 Å². The number of nitrogens with zero attached hydrogens (tertiary/aromatic N) is 2. The summed E-state index contributed by atoms with van der Waals surface area (Å²) in [6, 6.07) is 11.3. The van der Waals surface area contributed by atoms with Crippen LogP contribution in [0, 0.1) is 0 Å². The second kappa shape index (κ2) is 5.13. The van der Waals surface area contributed by atoms with Crippen molar-refractivity contribution in [2.24, 2.45) is 0 Å². The molecule has 1 saturated heterocycles. The second-order valence-corrected chi connectivity index (χ2v) is 7.17. The van der Waals surface area contributed by atoms with Crippen LogP contribution >= 0.6 is 11.3 Å². The Bertz CT molecular complexity index is 652. The number of hydroxylamine groups is 1. The highest BCUT2D eigenvalue weighted by molar-refractivity contribution is 7.10. The molecule has 2 atom stereocenters. The van der Waals surface area contributed by atoms with Gasteiger partial charge in [0.1, 0.15) is 6.10 Å². The van der Waals surface area contributed by atoms with E-state index < -0.39 is 0 Å². The first-order valence-corrected chi connectivity index (χ1v) is 8.35. The summed E-state index contributed by atoms with van der Waals surface area (Å²) in [7, 11) is 4.22. The molecule has 2 unspecified atom stereocenters. The number of rotatable bonds is 2. The Morgan fingerprint density at radius 2 is 2.14 bits per heavy atom. The molecule has 3 nitrogen and oxygen atoms in total. The molecule has 0 saturated carbocycles. The predicted octanol–water partition coefficient (Wildman–Crippen LogP) is 3.47. The molecule has 1 aromatic carbocycles. The maximum absolute atomic E-state index is 6.31. The number of para-hydroxylation sites is 1. The highest BCUT2D eigenvalue weighted by Gasteiger charge is 2.39. The summed E-state index contributed by atoms with van der Waals surface area (Å²) >= 11 is 1.87. The van der Waals surface area contributed by atoms with Crippen LogP contribution in [0.1, 0.15) is 28.5 Å². The van der Waals surface area contributed by atoms with Crippen LogP contribution in [0.3, 0.4) is 0 Å². The van der Waals surface area contributed by atoms with E-state index in [9.17, 15) is 0 Å². The van der Waals surface area contributed by atoms with E-state index in [1.807, 2.05) is 11.3 Å². The van der Waals surface area contributed by atoms with Crippen molar-refractivity contribution in [2.75, 3.05) is 25.7 Å². The Morgan fingerprint density at radius 1 is 1.29 bits per heavy atom. The van der Waals surface area contributed by atoms with Gasteiger partial charge in [0.05, 0.1) is 11.7 Å². The highest BCUT2D eigenvalue weighted by Crippen LogP contribution is 2.45. The average molecular weight is 300 g/mol. The smallest absolute Gasteiger partial charge is 0.101 e. The zero-order chi connectivity index (χ0) is 14.4. The first-order valence-electron chi connectivity index (χ1n) is 7.47. The minimum atomic E-state index is 0.268. The fourth-order valence-corrected chi connectivity index (χ4v) is 4.41. The van der Waals surface area contributed by atoms with Gasteiger partial charge in [0.15, 0.2) is 0 Å². The molecule has 1 fully saturated rings. The largest absolute Gasteiger partial charge is 0.307 e. The molecule has 21 heavy (non-hydrogen) atoms. The summed E-state index contributed by atoms with van der Waals surface area (Å²) < 4.78 is 0. The topological polar surface area (TPSA) is 15.7 Å². The summed E-state index contributed by atoms with van der Waals surface area (Å²) in [5, 5.41) is 4.39. The lowest BCUT2D eigenvalue weighted by molar-refractivity contribution is 0.0649. The van der Waals surface area contributed by atoms with E-state index in [0.29, 0.717) is 6.04 Å². The normalized spacial score (nSPS) is 23.7. The number of benzene rings is 1. The molecule has 3 heterocycles. The van der Waals surface area contributed by atoms with Crippen LogP contribution in [0.25, 0.3) is 0 Å². The maximum atomic E-state index is 6.31. The van der Waals surface area contributed by atoms with Crippen molar-refractivity contribution in [1.29, 1.82) is 0 Å². The summed E-state index contributed by atoms with van der Waals surface area (Å²) in [6.45, 7) is 0.967. The van der Waals surface area contributed by atoms with Crippen LogP contribution in [0.5, 0.6) is 0 Å². The fraction of sp³-hybridized carbons (Fsp3) is 0.412. The molecule has 4 heteroatoms. The van der Waals surface area contributed by atoms with Gasteiger partial charge in [-0.15, -0.1) is 11.3 Å². The Balaban J connectivity index is 1.76. The monoisotopic (exact) mass is 300 g/mol. The molecule has 0 radical (unpaired) electrons. The third-order valence-corrected chi connectivity index (χ3v) is 5.26. The van der Waals surface area contributed by atoms with Gasteiger partial charge in [0.2, 0.25) is 0 Å².